The van der Waals surface area contributed by atoms with Crippen molar-refractivity contribution in [3.05, 3.63) is 53.4 Å². The standard InChI is InChI=1S/C21H25N7O/c1-12(2)19(20-25-16-7-5-6-8-17(16)26-20)27-18(29)10-9-15-13(3)24-21-22-11-23-28(21)14(15)4/h5-8,11-12,19H,9-10H2,1-4H3,(H,25,26)(H,27,29)/t19-/m1/s1. The monoisotopic (exact) mass is 391 g/mol. The van der Waals surface area contributed by atoms with E-state index in [1.165, 1.54) is 6.33 Å². The summed E-state index contributed by atoms with van der Waals surface area (Å²) in [5.41, 5.74) is 4.76. The summed E-state index contributed by atoms with van der Waals surface area (Å²) < 4.78 is 1.71. The molecule has 2 N–H and O–H groups in total. The molecule has 4 aromatic rings. The molecule has 3 heterocycles. The molecule has 1 aromatic carbocycles. The van der Waals surface area contributed by atoms with Crippen LogP contribution in [0.2, 0.25) is 0 Å². The number of nitrogens with one attached hydrogen (secondary N) is 2. The van der Waals surface area contributed by atoms with Gasteiger partial charge in [0, 0.05) is 17.8 Å². The first-order valence-electron chi connectivity index (χ1n) is 9.84. The predicted molar refractivity (Wildman–Crippen MR) is 110 cm³/mol. The molecule has 0 saturated carbocycles. The van der Waals surface area contributed by atoms with Crippen molar-refractivity contribution in [3.8, 4) is 0 Å². The summed E-state index contributed by atoms with van der Waals surface area (Å²) in [5.74, 6) is 1.56. The molecule has 0 bridgehead atoms. The van der Waals surface area contributed by atoms with Gasteiger partial charge in [0.25, 0.3) is 5.78 Å². The molecule has 0 fully saturated rings. The third kappa shape index (κ3) is 3.70. The van der Waals surface area contributed by atoms with E-state index in [1.54, 1.807) is 4.52 Å². The van der Waals surface area contributed by atoms with E-state index in [2.05, 4.69) is 44.2 Å². The van der Waals surface area contributed by atoms with E-state index in [9.17, 15) is 4.79 Å². The lowest BCUT2D eigenvalue weighted by atomic mass is 10.0. The largest absolute Gasteiger partial charge is 0.346 e. The minimum absolute atomic E-state index is 0.0124. The zero-order valence-corrected chi connectivity index (χ0v) is 17.1. The average molecular weight is 391 g/mol. The lowest BCUT2D eigenvalue weighted by Crippen LogP contribution is -2.32. The lowest BCUT2D eigenvalue weighted by Gasteiger charge is -2.20. The van der Waals surface area contributed by atoms with E-state index in [-0.39, 0.29) is 17.9 Å². The van der Waals surface area contributed by atoms with Gasteiger partial charge in [0.2, 0.25) is 5.91 Å². The second-order valence-electron chi connectivity index (χ2n) is 7.66. The Labute approximate surface area is 168 Å². The van der Waals surface area contributed by atoms with Gasteiger partial charge in [-0.1, -0.05) is 26.0 Å². The molecule has 0 saturated heterocycles. The van der Waals surface area contributed by atoms with Gasteiger partial charge in [-0.15, -0.1) is 0 Å². The number of carbonyl (C=O) groups is 1. The fraction of sp³-hybridized carbons (Fsp3) is 0.381. The van der Waals surface area contributed by atoms with Gasteiger partial charge >= 0.3 is 0 Å². The number of imidazole rings is 1. The van der Waals surface area contributed by atoms with Crippen LogP contribution in [0, 0.1) is 19.8 Å². The van der Waals surface area contributed by atoms with Gasteiger partial charge in [-0.25, -0.2) is 14.5 Å². The van der Waals surface area contributed by atoms with E-state index in [0.29, 0.717) is 18.6 Å². The molecule has 0 radical (unpaired) electrons. The number of nitrogens with zero attached hydrogens (tertiary/aromatic N) is 5. The zero-order valence-electron chi connectivity index (χ0n) is 17.1. The Bertz CT molecular complexity index is 1140. The number of fused-ring (bicyclic) bond motifs is 2. The number of H-pyrrole nitrogens is 1. The second kappa shape index (κ2) is 7.62. The van der Waals surface area contributed by atoms with Crippen molar-refractivity contribution in [2.75, 3.05) is 0 Å². The maximum atomic E-state index is 12.7. The summed E-state index contributed by atoms with van der Waals surface area (Å²) >= 11 is 0. The second-order valence-corrected chi connectivity index (χ2v) is 7.66. The van der Waals surface area contributed by atoms with Crippen molar-refractivity contribution in [2.45, 2.75) is 46.6 Å². The van der Waals surface area contributed by atoms with Crippen LogP contribution in [0.3, 0.4) is 0 Å². The number of carbonyl (C=O) groups excluding carboxylic acids is 1. The summed E-state index contributed by atoms with van der Waals surface area (Å²) in [6.45, 7) is 8.08. The van der Waals surface area contributed by atoms with Crippen LogP contribution in [0.1, 0.15) is 49.1 Å². The van der Waals surface area contributed by atoms with Crippen molar-refractivity contribution in [2.24, 2.45) is 5.92 Å². The highest BCUT2D eigenvalue weighted by atomic mass is 16.1. The Kier molecular flexibility index (Phi) is 5.00. The summed E-state index contributed by atoms with van der Waals surface area (Å²) in [6, 6.07) is 7.71. The smallest absolute Gasteiger partial charge is 0.252 e. The van der Waals surface area contributed by atoms with Crippen LogP contribution < -0.4 is 5.32 Å². The first kappa shape index (κ1) is 19.0. The number of hydrogen-bond donors (Lipinski definition) is 2. The van der Waals surface area contributed by atoms with Crippen molar-refractivity contribution in [3.63, 3.8) is 0 Å². The van der Waals surface area contributed by atoms with E-state index in [0.717, 1.165) is 33.8 Å². The molecule has 29 heavy (non-hydrogen) atoms. The van der Waals surface area contributed by atoms with E-state index < -0.39 is 0 Å². The first-order chi connectivity index (χ1) is 13.9. The van der Waals surface area contributed by atoms with Gasteiger partial charge in [-0.2, -0.15) is 10.1 Å². The zero-order chi connectivity index (χ0) is 20.5. The Morgan fingerprint density at radius 1 is 1.21 bits per heavy atom. The number of amides is 1. The summed E-state index contributed by atoms with van der Waals surface area (Å²) in [7, 11) is 0. The highest BCUT2D eigenvalue weighted by Gasteiger charge is 2.22. The number of aryl methyl sites for hydroxylation is 2. The van der Waals surface area contributed by atoms with Gasteiger partial charge in [0.1, 0.15) is 12.2 Å². The lowest BCUT2D eigenvalue weighted by molar-refractivity contribution is -0.122. The number of benzene rings is 1. The molecule has 150 valence electrons. The van der Waals surface area contributed by atoms with Crippen LogP contribution in [0.15, 0.2) is 30.6 Å². The molecule has 0 aliphatic rings. The minimum Gasteiger partial charge on any atom is -0.346 e. The third-order valence-electron chi connectivity index (χ3n) is 5.28. The molecule has 1 atom stereocenters. The highest BCUT2D eigenvalue weighted by Crippen LogP contribution is 2.23. The molecule has 0 aliphatic carbocycles. The van der Waals surface area contributed by atoms with Gasteiger partial charge in [-0.05, 0) is 43.9 Å². The quantitative estimate of drug-likeness (QED) is 0.526. The van der Waals surface area contributed by atoms with Crippen LogP contribution in [0.4, 0.5) is 0 Å². The predicted octanol–water partition coefficient (Wildman–Crippen LogP) is 3.06. The highest BCUT2D eigenvalue weighted by molar-refractivity contribution is 5.78. The fourth-order valence-electron chi connectivity index (χ4n) is 3.67. The fourth-order valence-corrected chi connectivity index (χ4v) is 3.67. The molecule has 8 nitrogen and oxygen atoms in total. The number of rotatable bonds is 6. The number of para-hydroxylation sites is 2. The molecule has 1 amide bonds. The first-order valence-corrected chi connectivity index (χ1v) is 9.84. The van der Waals surface area contributed by atoms with E-state index in [1.807, 2.05) is 38.1 Å². The van der Waals surface area contributed by atoms with Crippen LogP contribution in [-0.4, -0.2) is 35.5 Å². The molecule has 3 aromatic heterocycles. The topological polar surface area (TPSA) is 101 Å². The Hall–Kier alpha value is -3.29. The number of hydrogen-bond acceptors (Lipinski definition) is 5. The maximum absolute atomic E-state index is 12.7. The van der Waals surface area contributed by atoms with Gasteiger partial charge in [0.15, 0.2) is 0 Å². The van der Waals surface area contributed by atoms with Gasteiger partial charge in [0.05, 0.1) is 17.1 Å². The molecule has 0 aliphatic heterocycles. The van der Waals surface area contributed by atoms with Crippen LogP contribution in [-0.2, 0) is 11.2 Å². The van der Waals surface area contributed by atoms with Crippen LogP contribution in [0.5, 0.6) is 0 Å². The Morgan fingerprint density at radius 2 is 2.00 bits per heavy atom. The molecule has 8 heteroatoms. The van der Waals surface area contributed by atoms with E-state index >= 15 is 0 Å². The Balaban J connectivity index is 1.49. The molecular formula is C21H25N7O. The molecule has 0 spiro atoms. The normalized spacial score (nSPS) is 12.7. The molecule has 4 rings (SSSR count). The molecule has 0 unspecified atom stereocenters. The van der Waals surface area contributed by atoms with Gasteiger partial charge in [-0.3, -0.25) is 4.79 Å². The van der Waals surface area contributed by atoms with E-state index in [4.69, 9.17) is 0 Å². The third-order valence-corrected chi connectivity index (χ3v) is 5.28. The van der Waals surface area contributed by atoms with Crippen LogP contribution >= 0.6 is 0 Å². The van der Waals surface area contributed by atoms with Crippen molar-refractivity contribution in [1.82, 2.24) is 34.9 Å². The van der Waals surface area contributed by atoms with Gasteiger partial charge < -0.3 is 10.3 Å². The van der Waals surface area contributed by atoms with Crippen molar-refractivity contribution < 1.29 is 4.79 Å². The molecular weight excluding hydrogens is 366 g/mol. The summed E-state index contributed by atoms with van der Waals surface area (Å²) in [5, 5.41) is 7.36. The number of aromatic amines is 1. The average Bonchev–Trinajstić information content (AvgIpc) is 3.32. The number of aromatic nitrogens is 6. The summed E-state index contributed by atoms with van der Waals surface area (Å²) in [4.78, 5) is 29.4. The van der Waals surface area contributed by atoms with Crippen LogP contribution in [0.25, 0.3) is 16.8 Å². The summed E-state index contributed by atoms with van der Waals surface area (Å²) in [6.07, 6.45) is 2.45. The maximum Gasteiger partial charge on any atom is 0.252 e. The van der Waals surface area contributed by atoms with Crippen molar-refractivity contribution >= 4 is 22.7 Å². The van der Waals surface area contributed by atoms with Crippen molar-refractivity contribution in [1.29, 1.82) is 0 Å². The minimum atomic E-state index is -0.173. The Morgan fingerprint density at radius 3 is 2.76 bits per heavy atom. The SMILES string of the molecule is Cc1nc2ncnn2c(C)c1CCC(=O)N[C@@H](c1nc2ccccc2[nH]1)C(C)C.